The standard InChI is InChI=1S/C24H29N3O5/c1-32-20-9-6-17(7-10-20)21(14-24(30)31)27-23(29)4-2-3-22(28)26-19-8-5-16-11-12-25-15-18(16)13-19/h5-10,13,21,25H,2-4,11-12,14-15H2,1H3,(H,26,28)(H,27,29)(H,30,31). The van der Waals surface area contributed by atoms with Gasteiger partial charge in [-0.15, -0.1) is 0 Å². The first-order valence-corrected chi connectivity index (χ1v) is 10.7. The quantitative estimate of drug-likeness (QED) is 0.452. The Bertz CT molecular complexity index is 959. The summed E-state index contributed by atoms with van der Waals surface area (Å²) in [6, 6.07) is 12.2. The summed E-state index contributed by atoms with van der Waals surface area (Å²) in [6.45, 7) is 1.76. The molecular weight excluding hydrogens is 410 g/mol. The van der Waals surface area contributed by atoms with Crippen LogP contribution in [0.3, 0.4) is 0 Å². The van der Waals surface area contributed by atoms with Crippen molar-refractivity contribution in [3.8, 4) is 5.75 Å². The third kappa shape index (κ3) is 6.81. The number of rotatable bonds is 10. The minimum atomic E-state index is -1.01. The van der Waals surface area contributed by atoms with Gasteiger partial charge >= 0.3 is 5.97 Å². The van der Waals surface area contributed by atoms with E-state index in [9.17, 15) is 19.5 Å². The third-order valence-corrected chi connectivity index (χ3v) is 5.42. The molecule has 1 aliphatic heterocycles. The fourth-order valence-electron chi connectivity index (χ4n) is 3.72. The second-order valence-corrected chi connectivity index (χ2v) is 7.80. The Kier molecular flexibility index (Phi) is 8.21. The average molecular weight is 440 g/mol. The molecule has 2 aromatic rings. The number of hydrogen-bond acceptors (Lipinski definition) is 5. The first-order chi connectivity index (χ1) is 15.4. The molecule has 0 fully saturated rings. The minimum Gasteiger partial charge on any atom is -0.497 e. The molecule has 32 heavy (non-hydrogen) atoms. The van der Waals surface area contributed by atoms with E-state index in [0.29, 0.717) is 17.7 Å². The molecule has 2 amide bonds. The number of nitrogens with one attached hydrogen (secondary N) is 3. The Balaban J connectivity index is 1.47. The number of carboxylic acid groups (broad SMARTS) is 1. The van der Waals surface area contributed by atoms with Gasteiger partial charge < -0.3 is 25.8 Å². The zero-order valence-corrected chi connectivity index (χ0v) is 18.1. The lowest BCUT2D eigenvalue weighted by Crippen LogP contribution is -2.30. The number of anilines is 1. The Morgan fingerprint density at radius 2 is 1.81 bits per heavy atom. The van der Waals surface area contributed by atoms with Crippen molar-refractivity contribution in [2.75, 3.05) is 19.0 Å². The molecule has 0 saturated heterocycles. The SMILES string of the molecule is COc1ccc(C(CC(=O)O)NC(=O)CCCC(=O)Nc2ccc3c(c2)CNCC3)cc1. The van der Waals surface area contributed by atoms with E-state index in [4.69, 9.17) is 4.74 Å². The molecule has 0 spiro atoms. The molecule has 170 valence electrons. The molecule has 1 heterocycles. The lowest BCUT2D eigenvalue weighted by atomic mass is 10.0. The largest absolute Gasteiger partial charge is 0.497 e. The Labute approximate surface area is 187 Å². The van der Waals surface area contributed by atoms with Gasteiger partial charge in [0.15, 0.2) is 0 Å². The van der Waals surface area contributed by atoms with Crippen molar-refractivity contribution in [1.29, 1.82) is 0 Å². The van der Waals surface area contributed by atoms with Gasteiger partial charge in [0.25, 0.3) is 0 Å². The highest BCUT2D eigenvalue weighted by Crippen LogP contribution is 2.21. The van der Waals surface area contributed by atoms with Crippen molar-refractivity contribution < 1.29 is 24.2 Å². The van der Waals surface area contributed by atoms with Gasteiger partial charge in [0.05, 0.1) is 19.6 Å². The van der Waals surface area contributed by atoms with Gasteiger partial charge in [-0.25, -0.2) is 0 Å². The molecule has 1 unspecified atom stereocenters. The van der Waals surface area contributed by atoms with Crippen molar-refractivity contribution >= 4 is 23.5 Å². The topological polar surface area (TPSA) is 117 Å². The Morgan fingerprint density at radius 3 is 2.53 bits per heavy atom. The van der Waals surface area contributed by atoms with E-state index < -0.39 is 12.0 Å². The van der Waals surface area contributed by atoms with E-state index in [2.05, 4.69) is 16.0 Å². The summed E-state index contributed by atoms with van der Waals surface area (Å²) in [7, 11) is 1.55. The average Bonchev–Trinajstić information content (AvgIpc) is 2.78. The smallest absolute Gasteiger partial charge is 0.305 e. The third-order valence-electron chi connectivity index (χ3n) is 5.42. The Morgan fingerprint density at radius 1 is 1.06 bits per heavy atom. The fourth-order valence-corrected chi connectivity index (χ4v) is 3.72. The lowest BCUT2D eigenvalue weighted by molar-refractivity contribution is -0.137. The number of carbonyl (C=O) groups excluding carboxylic acids is 2. The van der Waals surface area contributed by atoms with Crippen LogP contribution in [0.15, 0.2) is 42.5 Å². The van der Waals surface area contributed by atoms with E-state index in [1.165, 1.54) is 11.1 Å². The summed E-state index contributed by atoms with van der Waals surface area (Å²) >= 11 is 0. The highest BCUT2D eigenvalue weighted by atomic mass is 16.5. The van der Waals surface area contributed by atoms with Gasteiger partial charge in [-0.2, -0.15) is 0 Å². The van der Waals surface area contributed by atoms with Gasteiger partial charge in [0.1, 0.15) is 5.75 Å². The van der Waals surface area contributed by atoms with Gasteiger partial charge in [0.2, 0.25) is 11.8 Å². The van der Waals surface area contributed by atoms with Crippen LogP contribution in [0.4, 0.5) is 5.69 Å². The van der Waals surface area contributed by atoms with Crippen molar-refractivity contribution in [2.24, 2.45) is 0 Å². The van der Waals surface area contributed by atoms with Crippen molar-refractivity contribution in [1.82, 2.24) is 10.6 Å². The van der Waals surface area contributed by atoms with Crippen LogP contribution in [0.1, 0.15) is 48.4 Å². The number of fused-ring (bicyclic) bond motifs is 1. The van der Waals surface area contributed by atoms with Crippen molar-refractivity contribution in [3.63, 3.8) is 0 Å². The van der Waals surface area contributed by atoms with Crippen LogP contribution in [-0.2, 0) is 27.3 Å². The number of methoxy groups -OCH3 is 1. The van der Waals surface area contributed by atoms with Crippen molar-refractivity contribution in [3.05, 3.63) is 59.2 Å². The highest BCUT2D eigenvalue weighted by Gasteiger charge is 2.18. The molecule has 0 aliphatic carbocycles. The molecule has 2 aromatic carbocycles. The van der Waals surface area contributed by atoms with Gasteiger partial charge in [-0.3, -0.25) is 14.4 Å². The molecule has 1 aliphatic rings. The van der Waals surface area contributed by atoms with E-state index in [1.807, 2.05) is 18.2 Å². The molecule has 0 bridgehead atoms. The number of aliphatic carboxylic acids is 1. The van der Waals surface area contributed by atoms with Crippen LogP contribution in [0, 0.1) is 0 Å². The maximum atomic E-state index is 12.4. The molecule has 0 radical (unpaired) electrons. The van der Waals surface area contributed by atoms with E-state index >= 15 is 0 Å². The zero-order chi connectivity index (χ0) is 22.9. The summed E-state index contributed by atoms with van der Waals surface area (Å²) in [6.07, 6.45) is 1.46. The first-order valence-electron chi connectivity index (χ1n) is 10.7. The summed E-state index contributed by atoms with van der Waals surface area (Å²) < 4.78 is 5.11. The summed E-state index contributed by atoms with van der Waals surface area (Å²) in [5, 5.41) is 18.1. The van der Waals surface area contributed by atoms with E-state index in [0.717, 1.165) is 25.2 Å². The van der Waals surface area contributed by atoms with E-state index in [-0.39, 0.29) is 31.1 Å². The molecule has 4 N–H and O–H groups in total. The number of hydrogen-bond donors (Lipinski definition) is 4. The minimum absolute atomic E-state index is 0.133. The van der Waals surface area contributed by atoms with Crippen LogP contribution in [0.5, 0.6) is 5.75 Å². The predicted molar refractivity (Wildman–Crippen MR) is 120 cm³/mol. The number of amides is 2. The zero-order valence-electron chi connectivity index (χ0n) is 18.1. The van der Waals surface area contributed by atoms with Gasteiger partial charge in [-0.1, -0.05) is 18.2 Å². The second-order valence-electron chi connectivity index (χ2n) is 7.80. The summed E-state index contributed by atoms with van der Waals surface area (Å²) in [5.41, 5.74) is 3.92. The van der Waals surface area contributed by atoms with Gasteiger partial charge in [-0.05, 0) is 60.3 Å². The van der Waals surface area contributed by atoms with Crippen LogP contribution >= 0.6 is 0 Å². The molecule has 0 saturated carbocycles. The normalized spacial score (nSPS) is 13.5. The fraction of sp³-hybridized carbons (Fsp3) is 0.375. The predicted octanol–water partition coefficient (Wildman–Crippen LogP) is 2.78. The van der Waals surface area contributed by atoms with Gasteiger partial charge in [0, 0.05) is 25.1 Å². The molecule has 8 heteroatoms. The summed E-state index contributed by atoms with van der Waals surface area (Å²) in [5.74, 6) is -0.806. The first kappa shape index (κ1) is 23.3. The molecule has 3 rings (SSSR count). The lowest BCUT2D eigenvalue weighted by Gasteiger charge is -2.18. The van der Waals surface area contributed by atoms with Crippen LogP contribution in [0.2, 0.25) is 0 Å². The molecule has 1 atom stereocenters. The van der Waals surface area contributed by atoms with Crippen LogP contribution in [0.25, 0.3) is 0 Å². The number of carbonyl (C=O) groups is 3. The van der Waals surface area contributed by atoms with Crippen LogP contribution in [-0.4, -0.2) is 36.5 Å². The Hall–Kier alpha value is -3.39. The number of benzene rings is 2. The van der Waals surface area contributed by atoms with Crippen molar-refractivity contribution in [2.45, 2.75) is 44.7 Å². The molecule has 0 aromatic heterocycles. The number of carboxylic acids is 1. The maximum absolute atomic E-state index is 12.4. The van der Waals surface area contributed by atoms with Crippen LogP contribution < -0.4 is 20.7 Å². The highest BCUT2D eigenvalue weighted by molar-refractivity contribution is 5.91. The van der Waals surface area contributed by atoms with E-state index in [1.54, 1.807) is 31.4 Å². The second kappa shape index (κ2) is 11.3. The maximum Gasteiger partial charge on any atom is 0.305 e. The summed E-state index contributed by atoms with van der Waals surface area (Å²) in [4.78, 5) is 35.8. The number of ether oxygens (including phenoxy) is 1. The monoisotopic (exact) mass is 439 g/mol. The molecular formula is C24H29N3O5. The molecule has 8 nitrogen and oxygen atoms in total.